The van der Waals surface area contributed by atoms with Gasteiger partial charge in [-0.15, -0.1) is 0 Å². The van der Waals surface area contributed by atoms with E-state index >= 15 is 0 Å². The predicted octanol–water partition coefficient (Wildman–Crippen LogP) is 3.97. The quantitative estimate of drug-likeness (QED) is 0.748. The molecule has 3 aromatic rings. The third-order valence-electron chi connectivity index (χ3n) is 3.49. The monoisotopic (exact) mass is 278 g/mol. The van der Waals surface area contributed by atoms with Gasteiger partial charge in [-0.2, -0.15) is 0 Å². The van der Waals surface area contributed by atoms with E-state index in [9.17, 15) is 4.79 Å². The summed E-state index contributed by atoms with van der Waals surface area (Å²) in [4.78, 5) is 15.3. The van der Waals surface area contributed by atoms with E-state index in [1.165, 1.54) is 0 Å². The number of hydrogen-bond donors (Lipinski definition) is 2. The van der Waals surface area contributed by atoms with Crippen molar-refractivity contribution in [1.82, 2.24) is 4.98 Å². The molecule has 3 nitrogen and oxygen atoms in total. The molecule has 3 heteroatoms. The highest BCUT2D eigenvalue weighted by Crippen LogP contribution is 2.17. The number of fused-ring (bicyclic) bond motifs is 1. The number of anilines is 1. The lowest BCUT2D eigenvalue weighted by Crippen LogP contribution is -2.14. The van der Waals surface area contributed by atoms with Crippen molar-refractivity contribution in [2.24, 2.45) is 0 Å². The van der Waals surface area contributed by atoms with Crippen molar-refractivity contribution in [3.63, 3.8) is 0 Å². The van der Waals surface area contributed by atoms with Crippen LogP contribution in [0.3, 0.4) is 0 Å². The van der Waals surface area contributed by atoms with E-state index in [4.69, 9.17) is 0 Å². The summed E-state index contributed by atoms with van der Waals surface area (Å²) in [5.74, 6) is 0.00915. The van der Waals surface area contributed by atoms with Gasteiger partial charge in [0.1, 0.15) is 0 Å². The Hall–Kier alpha value is -2.55. The fraction of sp³-hybridized carbons (Fsp3) is 0.167. The molecule has 1 heterocycles. The molecule has 0 unspecified atom stereocenters. The highest BCUT2D eigenvalue weighted by molar-refractivity contribution is 5.93. The number of amides is 1. The van der Waals surface area contributed by atoms with E-state index < -0.39 is 0 Å². The second-order valence-electron chi connectivity index (χ2n) is 5.50. The number of nitrogens with one attached hydrogen (secondary N) is 2. The molecule has 0 spiro atoms. The molecule has 0 aliphatic carbocycles. The molecule has 0 saturated carbocycles. The Morgan fingerprint density at radius 2 is 1.81 bits per heavy atom. The average Bonchev–Trinajstić information content (AvgIpc) is 2.84. The minimum atomic E-state index is 0.00915. The standard InChI is InChI=1S/C18H18N2O/c1-12-7-13(2)9-16(8-12)20-18(21)11-14-3-4-17-15(10-14)5-6-19-17/h3-10,19H,11H2,1-2H3,(H,20,21). The number of carbonyl (C=O) groups is 1. The predicted molar refractivity (Wildman–Crippen MR) is 86.5 cm³/mol. The molecule has 0 radical (unpaired) electrons. The van der Waals surface area contributed by atoms with E-state index in [-0.39, 0.29) is 5.91 Å². The van der Waals surface area contributed by atoms with Crippen LogP contribution in [0.1, 0.15) is 16.7 Å². The number of aromatic nitrogens is 1. The van der Waals surface area contributed by atoms with E-state index in [0.29, 0.717) is 6.42 Å². The van der Waals surface area contributed by atoms with Crippen molar-refractivity contribution >= 4 is 22.5 Å². The molecule has 2 N–H and O–H groups in total. The molecule has 21 heavy (non-hydrogen) atoms. The first-order valence-electron chi connectivity index (χ1n) is 7.04. The number of aryl methyl sites for hydroxylation is 2. The number of benzene rings is 2. The highest BCUT2D eigenvalue weighted by Gasteiger charge is 2.06. The SMILES string of the molecule is Cc1cc(C)cc(NC(=O)Cc2ccc3[nH]ccc3c2)c1. The lowest BCUT2D eigenvalue weighted by atomic mass is 10.1. The first kappa shape index (κ1) is 13.4. The van der Waals surface area contributed by atoms with E-state index in [1.807, 2.05) is 56.4 Å². The Morgan fingerprint density at radius 3 is 2.57 bits per heavy atom. The fourth-order valence-corrected chi connectivity index (χ4v) is 2.65. The van der Waals surface area contributed by atoms with Gasteiger partial charge in [-0.05, 0) is 66.3 Å². The Labute approximate surface area is 124 Å². The van der Waals surface area contributed by atoms with Crippen molar-refractivity contribution in [3.05, 3.63) is 65.4 Å². The minimum Gasteiger partial charge on any atom is -0.361 e. The number of carbonyl (C=O) groups excluding carboxylic acids is 1. The highest BCUT2D eigenvalue weighted by atomic mass is 16.1. The largest absolute Gasteiger partial charge is 0.361 e. The van der Waals surface area contributed by atoms with Gasteiger partial charge in [0.15, 0.2) is 0 Å². The Bertz CT molecular complexity index is 782. The van der Waals surface area contributed by atoms with Crippen molar-refractivity contribution in [2.75, 3.05) is 5.32 Å². The maximum Gasteiger partial charge on any atom is 0.228 e. The van der Waals surface area contributed by atoms with Crippen LogP contribution in [0.2, 0.25) is 0 Å². The van der Waals surface area contributed by atoms with Gasteiger partial charge in [0.25, 0.3) is 0 Å². The normalized spacial score (nSPS) is 10.8. The summed E-state index contributed by atoms with van der Waals surface area (Å²) in [6.45, 7) is 4.06. The molecule has 3 rings (SSSR count). The third kappa shape index (κ3) is 3.14. The number of rotatable bonds is 3. The molecular formula is C18H18N2O. The Morgan fingerprint density at radius 1 is 1.05 bits per heavy atom. The molecule has 0 bridgehead atoms. The first-order valence-corrected chi connectivity index (χ1v) is 7.04. The molecule has 1 aromatic heterocycles. The van der Waals surface area contributed by atoms with Gasteiger partial charge in [-0.1, -0.05) is 12.1 Å². The summed E-state index contributed by atoms with van der Waals surface area (Å²) in [5.41, 5.74) is 5.27. The molecular weight excluding hydrogens is 260 g/mol. The van der Waals surface area contributed by atoms with Gasteiger partial charge in [-0.3, -0.25) is 4.79 Å². The van der Waals surface area contributed by atoms with Crippen LogP contribution in [0, 0.1) is 13.8 Å². The van der Waals surface area contributed by atoms with Gasteiger partial charge in [-0.25, -0.2) is 0 Å². The van der Waals surface area contributed by atoms with Crippen LogP contribution in [0.4, 0.5) is 5.69 Å². The van der Waals surface area contributed by atoms with Crippen molar-refractivity contribution in [2.45, 2.75) is 20.3 Å². The third-order valence-corrected chi connectivity index (χ3v) is 3.49. The lowest BCUT2D eigenvalue weighted by Gasteiger charge is -2.08. The van der Waals surface area contributed by atoms with Crippen LogP contribution in [0.15, 0.2) is 48.7 Å². The zero-order valence-electron chi connectivity index (χ0n) is 12.2. The first-order chi connectivity index (χ1) is 10.1. The summed E-state index contributed by atoms with van der Waals surface area (Å²) in [6.07, 6.45) is 2.29. The Kier molecular flexibility index (Phi) is 3.48. The molecule has 2 aromatic carbocycles. The minimum absolute atomic E-state index is 0.00915. The molecule has 106 valence electrons. The van der Waals surface area contributed by atoms with E-state index in [2.05, 4.69) is 16.4 Å². The molecule has 0 fully saturated rings. The van der Waals surface area contributed by atoms with E-state index in [0.717, 1.165) is 33.3 Å². The maximum atomic E-state index is 12.2. The molecule has 1 amide bonds. The number of aromatic amines is 1. The van der Waals surface area contributed by atoms with Gasteiger partial charge < -0.3 is 10.3 Å². The lowest BCUT2D eigenvalue weighted by molar-refractivity contribution is -0.115. The Balaban J connectivity index is 1.73. The van der Waals surface area contributed by atoms with Crippen LogP contribution in [0.25, 0.3) is 10.9 Å². The van der Waals surface area contributed by atoms with Crippen LogP contribution in [-0.4, -0.2) is 10.9 Å². The molecule has 0 saturated heterocycles. The molecule has 0 aliphatic rings. The second kappa shape index (κ2) is 5.44. The number of hydrogen-bond acceptors (Lipinski definition) is 1. The summed E-state index contributed by atoms with van der Waals surface area (Å²) in [7, 11) is 0. The van der Waals surface area contributed by atoms with Crippen molar-refractivity contribution < 1.29 is 4.79 Å². The summed E-state index contributed by atoms with van der Waals surface area (Å²) < 4.78 is 0. The number of H-pyrrole nitrogens is 1. The van der Waals surface area contributed by atoms with Gasteiger partial charge >= 0.3 is 0 Å². The van der Waals surface area contributed by atoms with Gasteiger partial charge in [0.2, 0.25) is 5.91 Å². The average molecular weight is 278 g/mol. The van der Waals surface area contributed by atoms with Crippen LogP contribution in [-0.2, 0) is 11.2 Å². The second-order valence-corrected chi connectivity index (χ2v) is 5.50. The maximum absolute atomic E-state index is 12.2. The summed E-state index contributed by atoms with van der Waals surface area (Å²) in [5, 5.41) is 4.10. The van der Waals surface area contributed by atoms with Crippen LogP contribution >= 0.6 is 0 Å². The zero-order valence-corrected chi connectivity index (χ0v) is 12.2. The topological polar surface area (TPSA) is 44.9 Å². The fourth-order valence-electron chi connectivity index (χ4n) is 2.65. The molecule has 0 aliphatic heterocycles. The zero-order chi connectivity index (χ0) is 14.8. The van der Waals surface area contributed by atoms with Gasteiger partial charge in [0.05, 0.1) is 6.42 Å². The summed E-state index contributed by atoms with van der Waals surface area (Å²) in [6, 6.07) is 14.1. The summed E-state index contributed by atoms with van der Waals surface area (Å²) >= 11 is 0. The van der Waals surface area contributed by atoms with Crippen molar-refractivity contribution in [1.29, 1.82) is 0 Å². The van der Waals surface area contributed by atoms with Crippen LogP contribution < -0.4 is 5.32 Å². The van der Waals surface area contributed by atoms with Crippen LogP contribution in [0.5, 0.6) is 0 Å². The molecule has 0 atom stereocenters. The van der Waals surface area contributed by atoms with Gasteiger partial charge in [0, 0.05) is 17.4 Å². The van der Waals surface area contributed by atoms with E-state index in [1.54, 1.807) is 0 Å². The smallest absolute Gasteiger partial charge is 0.228 e. The van der Waals surface area contributed by atoms with Crippen molar-refractivity contribution in [3.8, 4) is 0 Å².